The summed E-state index contributed by atoms with van der Waals surface area (Å²) in [6, 6.07) is 4.22. The van der Waals surface area contributed by atoms with Crippen molar-refractivity contribution in [3.63, 3.8) is 0 Å². The number of nitrogens with zero attached hydrogens (tertiary/aromatic N) is 1. The molecule has 5 heteroatoms. The fraction of sp³-hybridized carbons (Fsp3) is 0.643. The number of ether oxygens (including phenoxy) is 1. The Labute approximate surface area is 113 Å². The third-order valence-electron chi connectivity index (χ3n) is 2.92. The van der Waals surface area contributed by atoms with Gasteiger partial charge in [-0.1, -0.05) is 0 Å². The minimum Gasteiger partial charge on any atom is -0.469 e. The van der Waals surface area contributed by atoms with Gasteiger partial charge in [0.2, 0.25) is 0 Å². The van der Waals surface area contributed by atoms with Gasteiger partial charge in [-0.15, -0.1) is 0 Å². The summed E-state index contributed by atoms with van der Waals surface area (Å²) in [7, 11) is 0. The molecule has 0 saturated carbocycles. The summed E-state index contributed by atoms with van der Waals surface area (Å²) in [4.78, 5) is 13.4. The van der Waals surface area contributed by atoms with Crippen LogP contribution in [0.1, 0.15) is 26.5 Å². The monoisotopic (exact) mass is 266 g/mol. The minimum atomic E-state index is -0.422. The average molecular weight is 266 g/mol. The highest BCUT2D eigenvalue weighted by Gasteiger charge is 2.33. The van der Waals surface area contributed by atoms with Crippen LogP contribution in [0.15, 0.2) is 22.8 Å². The second-order valence-electron chi connectivity index (χ2n) is 5.87. The van der Waals surface area contributed by atoms with Crippen molar-refractivity contribution in [3.05, 3.63) is 24.2 Å². The van der Waals surface area contributed by atoms with E-state index in [0.29, 0.717) is 19.1 Å². The van der Waals surface area contributed by atoms with Crippen molar-refractivity contribution in [2.45, 2.75) is 38.8 Å². The van der Waals surface area contributed by atoms with Gasteiger partial charge in [0.15, 0.2) is 0 Å². The first-order valence-corrected chi connectivity index (χ1v) is 6.68. The van der Waals surface area contributed by atoms with E-state index >= 15 is 0 Å². The Hall–Kier alpha value is -1.49. The topological polar surface area (TPSA) is 54.7 Å². The maximum atomic E-state index is 11.7. The van der Waals surface area contributed by atoms with Crippen molar-refractivity contribution >= 4 is 6.09 Å². The molecule has 106 valence electrons. The minimum absolute atomic E-state index is 0.225. The Kier molecular flexibility index (Phi) is 4.14. The molecule has 0 atom stereocenters. The molecule has 0 unspecified atom stereocenters. The van der Waals surface area contributed by atoms with Crippen molar-refractivity contribution in [1.29, 1.82) is 0 Å². The Morgan fingerprint density at radius 2 is 2.26 bits per heavy atom. The lowest BCUT2D eigenvalue weighted by Gasteiger charge is -2.40. The van der Waals surface area contributed by atoms with Gasteiger partial charge in [-0.05, 0) is 32.9 Å². The molecule has 1 aliphatic heterocycles. The molecular formula is C14H22N2O3. The predicted octanol–water partition coefficient (Wildman–Crippen LogP) is 2.03. The van der Waals surface area contributed by atoms with Gasteiger partial charge in [0.1, 0.15) is 11.4 Å². The number of hydrogen-bond donors (Lipinski definition) is 1. The van der Waals surface area contributed by atoms with Crippen molar-refractivity contribution in [3.8, 4) is 0 Å². The average Bonchev–Trinajstić information content (AvgIpc) is 2.71. The number of nitrogens with one attached hydrogen (secondary N) is 1. The second-order valence-corrected chi connectivity index (χ2v) is 5.87. The van der Waals surface area contributed by atoms with E-state index in [-0.39, 0.29) is 6.09 Å². The number of carbonyl (C=O) groups excluding carboxylic acids is 1. The largest absolute Gasteiger partial charge is 0.469 e. The number of rotatable bonds is 4. The van der Waals surface area contributed by atoms with Gasteiger partial charge in [0.25, 0.3) is 0 Å². The zero-order chi connectivity index (χ0) is 13.9. The summed E-state index contributed by atoms with van der Waals surface area (Å²) in [5.41, 5.74) is -0.422. The summed E-state index contributed by atoms with van der Waals surface area (Å²) in [5, 5.41) is 3.40. The highest BCUT2D eigenvalue weighted by molar-refractivity contribution is 5.69. The Morgan fingerprint density at radius 1 is 1.53 bits per heavy atom. The molecule has 1 amide bonds. The van der Waals surface area contributed by atoms with E-state index in [4.69, 9.17) is 9.15 Å². The third-order valence-corrected chi connectivity index (χ3v) is 2.92. The molecule has 1 fully saturated rings. The van der Waals surface area contributed by atoms with Crippen LogP contribution < -0.4 is 5.32 Å². The van der Waals surface area contributed by atoms with Crippen LogP contribution in [0.25, 0.3) is 0 Å². The van der Waals surface area contributed by atoms with Gasteiger partial charge < -0.3 is 19.4 Å². The number of hydrogen-bond acceptors (Lipinski definition) is 4. The zero-order valence-corrected chi connectivity index (χ0v) is 11.8. The molecular weight excluding hydrogens is 244 g/mol. The number of amides is 1. The first kappa shape index (κ1) is 13.9. The number of furan rings is 1. The van der Waals surface area contributed by atoms with E-state index in [2.05, 4.69) is 5.32 Å². The Morgan fingerprint density at radius 3 is 2.84 bits per heavy atom. The zero-order valence-electron chi connectivity index (χ0n) is 11.8. The van der Waals surface area contributed by atoms with E-state index in [9.17, 15) is 4.79 Å². The molecule has 0 aliphatic carbocycles. The van der Waals surface area contributed by atoms with Gasteiger partial charge in [-0.3, -0.25) is 0 Å². The summed E-state index contributed by atoms with van der Waals surface area (Å²) < 4.78 is 10.6. The van der Waals surface area contributed by atoms with E-state index in [1.165, 1.54) is 0 Å². The van der Waals surface area contributed by atoms with Crippen molar-refractivity contribution in [2.24, 2.45) is 0 Å². The lowest BCUT2D eigenvalue weighted by molar-refractivity contribution is 0.00538. The molecule has 2 heterocycles. The number of likely N-dealkylation sites (tertiary alicyclic amines) is 1. The fourth-order valence-corrected chi connectivity index (χ4v) is 1.94. The maximum Gasteiger partial charge on any atom is 0.410 e. The molecule has 1 aromatic heterocycles. The van der Waals surface area contributed by atoms with E-state index in [1.54, 1.807) is 11.2 Å². The molecule has 0 bridgehead atoms. The molecule has 0 radical (unpaired) electrons. The van der Waals surface area contributed by atoms with E-state index in [1.807, 2.05) is 32.9 Å². The summed E-state index contributed by atoms with van der Waals surface area (Å²) in [5.74, 6) is 0.982. The fourth-order valence-electron chi connectivity index (χ4n) is 1.94. The van der Waals surface area contributed by atoms with Crippen LogP contribution in [0.2, 0.25) is 0 Å². The second kappa shape index (κ2) is 5.65. The standard InChI is InChI=1S/C14H22N2O3/c1-14(2,3)19-13(17)16-9-11(10-16)15-7-6-12-5-4-8-18-12/h4-5,8,11,15H,6-7,9-10H2,1-3H3. The lowest BCUT2D eigenvalue weighted by Crippen LogP contribution is -2.60. The quantitative estimate of drug-likeness (QED) is 0.906. The van der Waals surface area contributed by atoms with Crippen LogP contribution in [-0.2, 0) is 11.2 Å². The Balaban J connectivity index is 1.60. The first-order chi connectivity index (χ1) is 8.94. The molecule has 19 heavy (non-hydrogen) atoms. The summed E-state index contributed by atoms with van der Waals surface area (Å²) in [6.07, 6.45) is 2.33. The third kappa shape index (κ3) is 4.28. The van der Waals surface area contributed by atoms with Crippen LogP contribution in [0.4, 0.5) is 4.79 Å². The highest BCUT2D eigenvalue weighted by Crippen LogP contribution is 2.15. The molecule has 0 aromatic carbocycles. The molecule has 1 aromatic rings. The van der Waals surface area contributed by atoms with Gasteiger partial charge in [0.05, 0.1) is 6.26 Å². The van der Waals surface area contributed by atoms with Crippen LogP contribution in [0.5, 0.6) is 0 Å². The van der Waals surface area contributed by atoms with Crippen LogP contribution in [0.3, 0.4) is 0 Å². The van der Waals surface area contributed by atoms with Gasteiger partial charge in [-0.25, -0.2) is 4.79 Å². The van der Waals surface area contributed by atoms with Crippen molar-refractivity contribution < 1.29 is 13.9 Å². The Bertz CT molecular complexity index is 403. The van der Waals surface area contributed by atoms with Gasteiger partial charge in [0, 0.05) is 32.1 Å². The molecule has 1 N–H and O–H groups in total. The van der Waals surface area contributed by atoms with E-state index in [0.717, 1.165) is 18.7 Å². The SMILES string of the molecule is CC(C)(C)OC(=O)N1CC(NCCc2ccco2)C1. The van der Waals surface area contributed by atoms with Crippen LogP contribution in [-0.4, -0.2) is 42.3 Å². The predicted molar refractivity (Wildman–Crippen MR) is 72.0 cm³/mol. The smallest absolute Gasteiger partial charge is 0.410 e. The first-order valence-electron chi connectivity index (χ1n) is 6.68. The summed E-state index contributed by atoms with van der Waals surface area (Å²) >= 11 is 0. The maximum absolute atomic E-state index is 11.7. The molecule has 5 nitrogen and oxygen atoms in total. The van der Waals surface area contributed by atoms with E-state index < -0.39 is 5.60 Å². The van der Waals surface area contributed by atoms with Crippen LogP contribution in [0, 0.1) is 0 Å². The highest BCUT2D eigenvalue weighted by atomic mass is 16.6. The molecule has 1 saturated heterocycles. The van der Waals surface area contributed by atoms with Gasteiger partial charge in [-0.2, -0.15) is 0 Å². The van der Waals surface area contributed by atoms with Crippen molar-refractivity contribution in [1.82, 2.24) is 10.2 Å². The summed E-state index contributed by atoms with van der Waals surface area (Å²) in [6.45, 7) is 7.93. The number of carbonyl (C=O) groups is 1. The van der Waals surface area contributed by atoms with Gasteiger partial charge >= 0.3 is 6.09 Å². The normalized spacial score (nSPS) is 16.3. The molecule has 2 rings (SSSR count). The van der Waals surface area contributed by atoms with Crippen LogP contribution >= 0.6 is 0 Å². The lowest BCUT2D eigenvalue weighted by atomic mass is 10.1. The van der Waals surface area contributed by atoms with Crippen molar-refractivity contribution in [2.75, 3.05) is 19.6 Å². The molecule has 0 spiro atoms. The molecule has 1 aliphatic rings.